The highest BCUT2D eigenvalue weighted by molar-refractivity contribution is 7.33. The molecule has 0 aromatic rings. The normalized spacial score (nSPS) is 32.4. The van der Waals surface area contributed by atoms with Crippen LogP contribution in [0.1, 0.15) is 13.3 Å². The molecule has 1 fully saturated rings. The van der Waals surface area contributed by atoms with E-state index in [0.717, 1.165) is 6.42 Å². The summed E-state index contributed by atoms with van der Waals surface area (Å²) < 4.78 is 25.8. The Hall–Kier alpha value is -0.550. The monoisotopic (exact) mass is 235 g/mol. The molecule has 86 valence electrons. The first-order valence-corrected chi connectivity index (χ1v) is 5.80. The Labute approximate surface area is 89.7 Å². The van der Waals surface area contributed by atoms with Crippen molar-refractivity contribution in [3.63, 3.8) is 0 Å². The van der Waals surface area contributed by atoms with Gasteiger partial charge in [0.1, 0.15) is 6.61 Å². The molecule has 0 radical (unpaired) electrons. The molecule has 1 saturated heterocycles. The average molecular weight is 235 g/mol. The molecular formula is C8H16N2O4P+. The van der Waals surface area contributed by atoms with Gasteiger partial charge in [-0.15, -0.1) is 9.05 Å². The molecule has 1 aliphatic rings. The second-order valence-corrected chi connectivity index (χ2v) is 4.43. The highest BCUT2D eigenvalue weighted by Crippen LogP contribution is 2.30. The summed E-state index contributed by atoms with van der Waals surface area (Å²) in [5, 5.41) is 0. The molecule has 6 nitrogen and oxygen atoms in total. The minimum absolute atomic E-state index is 0.0946. The van der Waals surface area contributed by atoms with E-state index >= 15 is 0 Å². The van der Waals surface area contributed by atoms with Gasteiger partial charge in [0.25, 0.3) is 0 Å². The fourth-order valence-electron chi connectivity index (χ4n) is 1.49. The molecule has 7 heteroatoms. The second kappa shape index (κ2) is 6.12. The maximum Gasteiger partial charge on any atom is 0.697 e. The lowest BCUT2D eigenvalue weighted by atomic mass is 10.1. The Morgan fingerprint density at radius 3 is 3.07 bits per heavy atom. The van der Waals surface area contributed by atoms with Crippen molar-refractivity contribution < 1.29 is 18.3 Å². The van der Waals surface area contributed by atoms with Crippen molar-refractivity contribution in [2.45, 2.75) is 25.7 Å². The number of aliphatic imine (C=N–C) groups is 1. The zero-order valence-corrected chi connectivity index (χ0v) is 9.72. The van der Waals surface area contributed by atoms with Crippen molar-refractivity contribution in [3.05, 3.63) is 0 Å². The first kappa shape index (κ1) is 12.5. The van der Waals surface area contributed by atoms with Gasteiger partial charge < -0.3 is 10.5 Å². The Kier molecular flexibility index (Phi) is 5.11. The molecule has 0 aromatic heterocycles. The Balaban J connectivity index is 2.31. The molecule has 0 saturated carbocycles. The summed E-state index contributed by atoms with van der Waals surface area (Å²) >= 11 is 0. The van der Waals surface area contributed by atoms with Crippen LogP contribution in [0.2, 0.25) is 0 Å². The van der Waals surface area contributed by atoms with Gasteiger partial charge in [-0.1, -0.05) is 6.92 Å². The van der Waals surface area contributed by atoms with Crippen LogP contribution in [0.3, 0.4) is 0 Å². The molecule has 0 spiro atoms. The van der Waals surface area contributed by atoms with Crippen molar-refractivity contribution in [1.82, 2.24) is 0 Å². The summed E-state index contributed by atoms with van der Waals surface area (Å²) in [7, 11) is -0.692. The number of nitrogens with two attached hydrogens (primary N) is 1. The average Bonchev–Trinajstić information content (AvgIpc) is 2.57. The summed E-state index contributed by atoms with van der Waals surface area (Å²) in [4.78, 5) is 3.97. The van der Waals surface area contributed by atoms with Gasteiger partial charge in [0, 0.05) is 10.5 Å². The van der Waals surface area contributed by atoms with Crippen molar-refractivity contribution in [3.8, 4) is 0 Å². The van der Waals surface area contributed by atoms with Crippen molar-refractivity contribution >= 4 is 14.6 Å². The van der Waals surface area contributed by atoms with E-state index in [9.17, 15) is 4.57 Å². The minimum Gasteiger partial charge on any atom is -0.390 e. The highest BCUT2D eigenvalue weighted by atomic mass is 31.1. The van der Waals surface area contributed by atoms with Crippen LogP contribution in [0.4, 0.5) is 0 Å². The van der Waals surface area contributed by atoms with Crippen LogP contribution in [0.15, 0.2) is 4.99 Å². The standard InChI is InChI=1S/C8H16N2O4P/c1-6-3-7(4-13-15(11)12-2)14-8(6)10-5-9/h5-8H,3-4H2,1-2H3,(H2,9,10)/q+1. The van der Waals surface area contributed by atoms with Gasteiger partial charge in [-0.3, -0.25) is 0 Å². The summed E-state index contributed by atoms with van der Waals surface area (Å²) in [6.45, 7) is 2.28. The lowest BCUT2D eigenvalue weighted by molar-refractivity contribution is 0.0155. The fourth-order valence-corrected chi connectivity index (χ4v) is 1.88. The summed E-state index contributed by atoms with van der Waals surface area (Å²) in [5.41, 5.74) is 5.19. The summed E-state index contributed by atoms with van der Waals surface area (Å²) in [6, 6.07) is 0. The van der Waals surface area contributed by atoms with E-state index in [1.165, 1.54) is 13.4 Å². The van der Waals surface area contributed by atoms with E-state index in [4.69, 9.17) is 15.0 Å². The molecule has 1 aliphatic heterocycles. The van der Waals surface area contributed by atoms with Crippen LogP contribution in [0, 0.1) is 5.92 Å². The highest BCUT2D eigenvalue weighted by Gasteiger charge is 2.34. The van der Waals surface area contributed by atoms with E-state index in [0.29, 0.717) is 5.92 Å². The maximum absolute atomic E-state index is 10.9. The third-order valence-electron chi connectivity index (χ3n) is 2.20. The molecule has 2 N–H and O–H groups in total. The lowest BCUT2D eigenvalue weighted by Crippen LogP contribution is -2.15. The van der Waals surface area contributed by atoms with Gasteiger partial charge in [0.2, 0.25) is 0 Å². The number of rotatable bonds is 5. The molecule has 0 amide bonds. The van der Waals surface area contributed by atoms with Gasteiger partial charge >= 0.3 is 8.25 Å². The molecule has 4 atom stereocenters. The molecule has 0 aliphatic carbocycles. The molecule has 0 bridgehead atoms. The van der Waals surface area contributed by atoms with E-state index in [-0.39, 0.29) is 18.9 Å². The number of nitrogens with zero attached hydrogens (tertiary/aromatic N) is 1. The summed E-state index contributed by atoms with van der Waals surface area (Å²) in [6.07, 6.45) is 1.74. The molecule has 1 heterocycles. The van der Waals surface area contributed by atoms with E-state index in [2.05, 4.69) is 9.52 Å². The van der Waals surface area contributed by atoms with Crippen LogP contribution in [0.25, 0.3) is 0 Å². The van der Waals surface area contributed by atoms with Gasteiger partial charge in [-0.2, -0.15) is 0 Å². The topological polar surface area (TPSA) is 83.1 Å². The van der Waals surface area contributed by atoms with Crippen molar-refractivity contribution in [1.29, 1.82) is 0 Å². The Morgan fingerprint density at radius 2 is 2.47 bits per heavy atom. The Morgan fingerprint density at radius 1 is 1.73 bits per heavy atom. The minimum atomic E-state index is -2.02. The third-order valence-corrected chi connectivity index (χ3v) is 2.86. The second-order valence-electron chi connectivity index (χ2n) is 3.36. The van der Waals surface area contributed by atoms with Crippen LogP contribution < -0.4 is 5.73 Å². The fraction of sp³-hybridized carbons (Fsp3) is 0.875. The van der Waals surface area contributed by atoms with Gasteiger partial charge in [-0.05, 0) is 6.42 Å². The lowest BCUT2D eigenvalue weighted by Gasteiger charge is -2.08. The maximum atomic E-state index is 10.9. The first-order chi connectivity index (χ1) is 7.17. The number of hydrogen-bond acceptors (Lipinski definition) is 5. The third kappa shape index (κ3) is 3.83. The SMILES string of the molecule is CO[P+](=O)OCC1CC(C)C(N=CN)O1. The quantitative estimate of drug-likeness (QED) is 0.437. The first-order valence-electron chi connectivity index (χ1n) is 4.70. The zero-order valence-electron chi connectivity index (χ0n) is 8.83. The predicted octanol–water partition coefficient (Wildman–Crippen LogP) is 1.04. The zero-order chi connectivity index (χ0) is 11.3. The van der Waals surface area contributed by atoms with E-state index in [1.54, 1.807) is 0 Å². The molecule has 4 unspecified atom stereocenters. The van der Waals surface area contributed by atoms with Crippen LogP contribution in [0.5, 0.6) is 0 Å². The predicted molar refractivity (Wildman–Crippen MR) is 55.7 cm³/mol. The summed E-state index contributed by atoms with van der Waals surface area (Å²) in [5.74, 6) is 0.291. The van der Waals surface area contributed by atoms with E-state index < -0.39 is 8.25 Å². The largest absolute Gasteiger partial charge is 0.697 e. The van der Waals surface area contributed by atoms with Crippen LogP contribution in [-0.2, 0) is 18.3 Å². The van der Waals surface area contributed by atoms with Gasteiger partial charge in [0.05, 0.1) is 19.6 Å². The van der Waals surface area contributed by atoms with Crippen LogP contribution in [-0.4, -0.2) is 32.4 Å². The van der Waals surface area contributed by atoms with Gasteiger partial charge in [-0.25, -0.2) is 4.99 Å². The number of ether oxygens (including phenoxy) is 1. The van der Waals surface area contributed by atoms with E-state index in [1.807, 2.05) is 6.92 Å². The molecular weight excluding hydrogens is 219 g/mol. The Bertz CT molecular complexity index is 249. The van der Waals surface area contributed by atoms with Crippen molar-refractivity contribution in [2.75, 3.05) is 13.7 Å². The van der Waals surface area contributed by atoms with Gasteiger partial charge in [0.15, 0.2) is 6.23 Å². The molecule has 1 rings (SSSR count). The smallest absolute Gasteiger partial charge is 0.390 e. The van der Waals surface area contributed by atoms with Crippen molar-refractivity contribution in [2.24, 2.45) is 16.6 Å². The molecule has 0 aromatic carbocycles. The van der Waals surface area contributed by atoms with Crippen LogP contribution >= 0.6 is 8.25 Å². The number of hydrogen-bond donors (Lipinski definition) is 1. The molecule has 15 heavy (non-hydrogen) atoms.